The monoisotopic (exact) mass is 260 g/mol. The zero-order valence-corrected chi connectivity index (χ0v) is 8.95. The minimum absolute atomic E-state index is 0.326. The average molecular weight is 261 g/mol. The molecule has 4 heteroatoms. The summed E-state index contributed by atoms with van der Waals surface area (Å²) >= 11 is 3.12. The van der Waals surface area contributed by atoms with Gasteiger partial charge in [0, 0.05) is 0 Å². The molecule has 2 atom stereocenters. The lowest BCUT2D eigenvalue weighted by molar-refractivity contribution is 0.127. The van der Waals surface area contributed by atoms with E-state index in [0.29, 0.717) is 5.75 Å². The summed E-state index contributed by atoms with van der Waals surface area (Å²) in [6.45, 7) is 3.42. The number of aliphatic hydroxyl groups excluding tert-OH is 1. The average Bonchev–Trinajstić information content (AvgIpc) is 2.20. The quantitative estimate of drug-likeness (QED) is 0.666. The molecular formula is C10H10BrFO2. The van der Waals surface area contributed by atoms with Gasteiger partial charge >= 0.3 is 0 Å². The Morgan fingerprint density at radius 2 is 2.00 bits per heavy atom. The fourth-order valence-electron chi connectivity index (χ4n) is 0.820. The Hall–Kier alpha value is -0.870. The van der Waals surface area contributed by atoms with E-state index < -0.39 is 11.1 Å². The third-order valence-corrected chi connectivity index (χ3v) is 2.30. The lowest BCUT2D eigenvalue weighted by atomic mass is 10.3. The van der Waals surface area contributed by atoms with E-state index in [1.54, 1.807) is 0 Å². The number of alkyl halides is 1. The van der Waals surface area contributed by atoms with Gasteiger partial charge in [-0.2, -0.15) is 0 Å². The van der Waals surface area contributed by atoms with E-state index in [9.17, 15) is 9.50 Å². The van der Waals surface area contributed by atoms with Crippen molar-refractivity contribution in [2.45, 2.75) is 11.1 Å². The second kappa shape index (κ2) is 5.12. The van der Waals surface area contributed by atoms with E-state index in [2.05, 4.69) is 22.5 Å². The standard InChI is InChI=1S/C10H10BrFO2/c1-2-9(13)10(11)14-8-5-3-7(12)4-6-8/h2-6,9-10,13H,1H2. The highest BCUT2D eigenvalue weighted by molar-refractivity contribution is 9.09. The highest BCUT2D eigenvalue weighted by atomic mass is 79.9. The molecule has 0 amide bonds. The summed E-state index contributed by atoms with van der Waals surface area (Å²) in [5, 5.41) is 8.70. The maximum Gasteiger partial charge on any atom is 0.182 e. The third kappa shape index (κ3) is 3.12. The van der Waals surface area contributed by atoms with Crippen molar-refractivity contribution in [3.8, 4) is 5.75 Å². The molecule has 0 heterocycles. The van der Waals surface area contributed by atoms with Gasteiger partial charge in [0.1, 0.15) is 17.7 Å². The van der Waals surface area contributed by atoms with E-state index in [1.165, 1.54) is 30.3 Å². The molecule has 1 aromatic carbocycles. The van der Waals surface area contributed by atoms with Crippen molar-refractivity contribution < 1.29 is 14.2 Å². The minimum atomic E-state index is -0.806. The topological polar surface area (TPSA) is 29.5 Å². The molecule has 1 N–H and O–H groups in total. The molecule has 0 aliphatic carbocycles. The summed E-state index contributed by atoms with van der Waals surface area (Å²) in [5.41, 5.74) is 0. The summed E-state index contributed by atoms with van der Waals surface area (Å²) in [7, 11) is 0. The van der Waals surface area contributed by atoms with Crippen LogP contribution in [0.5, 0.6) is 5.75 Å². The number of benzene rings is 1. The lowest BCUT2D eigenvalue weighted by Crippen LogP contribution is -2.23. The van der Waals surface area contributed by atoms with Crippen molar-refractivity contribution in [2.24, 2.45) is 0 Å². The maximum atomic E-state index is 12.5. The maximum absolute atomic E-state index is 12.5. The van der Waals surface area contributed by atoms with E-state index in [1.807, 2.05) is 0 Å². The van der Waals surface area contributed by atoms with Gasteiger partial charge in [0.15, 0.2) is 5.01 Å². The van der Waals surface area contributed by atoms with Gasteiger partial charge in [-0.3, -0.25) is 0 Å². The number of rotatable bonds is 4. The minimum Gasteiger partial charge on any atom is -0.476 e. The molecule has 0 saturated heterocycles. The third-order valence-electron chi connectivity index (χ3n) is 1.57. The van der Waals surface area contributed by atoms with Gasteiger partial charge in [0.25, 0.3) is 0 Å². The number of hydrogen-bond acceptors (Lipinski definition) is 2. The van der Waals surface area contributed by atoms with E-state index >= 15 is 0 Å². The molecule has 0 saturated carbocycles. The molecule has 0 aliphatic heterocycles. The Morgan fingerprint density at radius 3 is 2.50 bits per heavy atom. The molecule has 0 aromatic heterocycles. The second-order valence-electron chi connectivity index (χ2n) is 2.65. The number of hydrogen-bond donors (Lipinski definition) is 1. The Labute approximate surface area is 90.1 Å². The molecule has 0 radical (unpaired) electrons. The van der Waals surface area contributed by atoms with Gasteiger partial charge < -0.3 is 9.84 Å². The molecule has 0 bridgehead atoms. The van der Waals surface area contributed by atoms with Gasteiger partial charge in [-0.05, 0) is 40.2 Å². The zero-order chi connectivity index (χ0) is 10.6. The van der Waals surface area contributed by atoms with Crippen LogP contribution in [0.3, 0.4) is 0 Å². The smallest absolute Gasteiger partial charge is 0.182 e. The van der Waals surface area contributed by atoms with Crippen molar-refractivity contribution in [2.75, 3.05) is 0 Å². The number of aliphatic hydroxyl groups is 1. The van der Waals surface area contributed by atoms with Crippen LogP contribution in [0.25, 0.3) is 0 Å². The number of halogens is 2. The van der Waals surface area contributed by atoms with Gasteiger partial charge in [-0.15, -0.1) is 6.58 Å². The normalized spacial score (nSPS) is 14.5. The first-order valence-electron chi connectivity index (χ1n) is 4.00. The molecule has 14 heavy (non-hydrogen) atoms. The Balaban J connectivity index is 2.60. The van der Waals surface area contributed by atoms with Crippen LogP contribution in [0.2, 0.25) is 0 Å². The Bertz CT molecular complexity index is 299. The van der Waals surface area contributed by atoms with Gasteiger partial charge in [0.05, 0.1) is 0 Å². The summed E-state index contributed by atoms with van der Waals surface area (Å²) in [5.74, 6) is 0.155. The fourth-order valence-corrected chi connectivity index (χ4v) is 1.25. The highest BCUT2D eigenvalue weighted by Crippen LogP contribution is 2.17. The van der Waals surface area contributed by atoms with E-state index in [0.717, 1.165) is 0 Å². The predicted octanol–water partition coefficient (Wildman–Crippen LogP) is 2.47. The summed E-state index contributed by atoms with van der Waals surface area (Å²) in [6, 6.07) is 5.55. The lowest BCUT2D eigenvalue weighted by Gasteiger charge is -2.15. The zero-order valence-electron chi connectivity index (χ0n) is 7.36. The molecule has 0 aliphatic rings. The van der Waals surface area contributed by atoms with Crippen molar-refractivity contribution in [1.29, 1.82) is 0 Å². The predicted molar refractivity (Wildman–Crippen MR) is 55.9 cm³/mol. The fraction of sp³-hybridized carbons (Fsp3) is 0.200. The summed E-state index contributed by atoms with van der Waals surface area (Å²) in [6.07, 6.45) is 0.545. The first-order valence-corrected chi connectivity index (χ1v) is 4.92. The van der Waals surface area contributed by atoms with Crippen LogP contribution in [-0.2, 0) is 0 Å². The summed E-state index contributed by atoms with van der Waals surface area (Å²) < 4.78 is 17.8. The molecule has 1 rings (SSSR count). The van der Waals surface area contributed by atoms with Crippen molar-refractivity contribution >= 4 is 15.9 Å². The van der Waals surface area contributed by atoms with E-state index in [4.69, 9.17) is 4.74 Å². The summed E-state index contributed by atoms with van der Waals surface area (Å²) in [4.78, 5) is 0. The molecule has 76 valence electrons. The van der Waals surface area contributed by atoms with Crippen molar-refractivity contribution in [1.82, 2.24) is 0 Å². The number of ether oxygens (including phenoxy) is 1. The second-order valence-corrected chi connectivity index (χ2v) is 3.55. The van der Waals surface area contributed by atoms with Crippen molar-refractivity contribution in [3.63, 3.8) is 0 Å². The largest absolute Gasteiger partial charge is 0.476 e. The van der Waals surface area contributed by atoms with Crippen LogP contribution in [0, 0.1) is 5.82 Å². The SMILES string of the molecule is C=CC(O)C(Br)Oc1ccc(F)cc1. The van der Waals surface area contributed by atoms with Gasteiger partial charge in [0.2, 0.25) is 0 Å². The van der Waals surface area contributed by atoms with Crippen LogP contribution in [0.15, 0.2) is 36.9 Å². The Morgan fingerprint density at radius 1 is 1.43 bits per heavy atom. The van der Waals surface area contributed by atoms with Crippen LogP contribution in [-0.4, -0.2) is 16.2 Å². The molecule has 2 nitrogen and oxygen atoms in total. The molecule has 0 fully saturated rings. The van der Waals surface area contributed by atoms with Crippen LogP contribution >= 0.6 is 15.9 Å². The van der Waals surface area contributed by atoms with Crippen LogP contribution in [0.1, 0.15) is 0 Å². The highest BCUT2D eigenvalue weighted by Gasteiger charge is 2.13. The van der Waals surface area contributed by atoms with Crippen LogP contribution in [0.4, 0.5) is 4.39 Å². The molecule has 2 unspecified atom stereocenters. The molecule has 0 spiro atoms. The van der Waals surface area contributed by atoms with Gasteiger partial charge in [-0.25, -0.2) is 4.39 Å². The Kier molecular flexibility index (Phi) is 4.10. The van der Waals surface area contributed by atoms with Crippen molar-refractivity contribution in [3.05, 3.63) is 42.7 Å². The first-order chi connectivity index (χ1) is 6.63. The van der Waals surface area contributed by atoms with E-state index in [-0.39, 0.29) is 5.82 Å². The first kappa shape index (κ1) is 11.2. The van der Waals surface area contributed by atoms with Crippen LogP contribution < -0.4 is 4.74 Å². The molecule has 1 aromatic rings. The molecular weight excluding hydrogens is 251 g/mol. The van der Waals surface area contributed by atoms with Gasteiger partial charge in [-0.1, -0.05) is 6.08 Å².